The van der Waals surface area contributed by atoms with Crippen LogP contribution in [0, 0.1) is 0 Å². The van der Waals surface area contributed by atoms with Gasteiger partial charge in [0.25, 0.3) is 5.91 Å². The first-order valence-corrected chi connectivity index (χ1v) is 8.71. The van der Waals surface area contributed by atoms with E-state index in [-0.39, 0.29) is 12.5 Å². The highest BCUT2D eigenvalue weighted by molar-refractivity contribution is 5.95. The molecular formula is C18H25F3N2O4. The van der Waals surface area contributed by atoms with Crippen LogP contribution in [-0.2, 0) is 4.74 Å². The number of ether oxygens (including phenoxy) is 3. The summed E-state index contributed by atoms with van der Waals surface area (Å²) in [5.74, 6) is 1.01. The molecule has 0 bridgehead atoms. The molecule has 1 aliphatic rings. The van der Waals surface area contributed by atoms with E-state index in [1.54, 1.807) is 23.1 Å². The number of methoxy groups -OCH3 is 2. The van der Waals surface area contributed by atoms with E-state index in [9.17, 15) is 18.0 Å². The Morgan fingerprint density at radius 2 is 1.63 bits per heavy atom. The van der Waals surface area contributed by atoms with Gasteiger partial charge < -0.3 is 19.1 Å². The average Bonchev–Trinajstić information content (AvgIpc) is 2.66. The summed E-state index contributed by atoms with van der Waals surface area (Å²) in [7, 11) is 3.06. The normalized spacial score (nSPS) is 15.7. The van der Waals surface area contributed by atoms with Crippen LogP contribution in [0.25, 0.3) is 0 Å². The van der Waals surface area contributed by atoms with Gasteiger partial charge in [-0.05, 0) is 18.6 Å². The second-order valence-corrected chi connectivity index (χ2v) is 6.26. The van der Waals surface area contributed by atoms with Crippen molar-refractivity contribution in [2.24, 2.45) is 0 Å². The topological polar surface area (TPSA) is 51.2 Å². The smallest absolute Gasteiger partial charge is 0.411 e. The molecule has 0 spiro atoms. The molecule has 0 aliphatic carbocycles. The lowest BCUT2D eigenvalue weighted by Crippen LogP contribution is -2.49. The third-order valence-corrected chi connectivity index (χ3v) is 4.29. The minimum absolute atomic E-state index is 0.0717. The Kier molecular flexibility index (Phi) is 7.73. The van der Waals surface area contributed by atoms with E-state index >= 15 is 0 Å². The first-order valence-electron chi connectivity index (χ1n) is 8.71. The fourth-order valence-electron chi connectivity index (χ4n) is 2.87. The molecule has 0 saturated carbocycles. The van der Waals surface area contributed by atoms with Crippen LogP contribution in [0.3, 0.4) is 0 Å². The lowest BCUT2D eigenvalue weighted by atomic mass is 10.1. The van der Waals surface area contributed by atoms with Gasteiger partial charge in [0.2, 0.25) is 0 Å². The number of benzene rings is 1. The number of alkyl halides is 3. The molecule has 1 aromatic rings. The summed E-state index contributed by atoms with van der Waals surface area (Å²) in [6.45, 7) is 1.97. The van der Waals surface area contributed by atoms with E-state index < -0.39 is 12.8 Å². The van der Waals surface area contributed by atoms with Crippen molar-refractivity contribution < 1.29 is 32.2 Å². The zero-order valence-electron chi connectivity index (χ0n) is 15.6. The van der Waals surface area contributed by atoms with Crippen molar-refractivity contribution in [2.45, 2.75) is 12.6 Å². The number of hydrogen-bond acceptors (Lipinski definition) is 5. The second-order valence-electron chi connectivity index (χ2n) is 6.26. The molecule has 0 aromatic heterocycles. The molecule has 1 fully saturated rings. The molecule has 152 valence electrons. The lowest BCUT2D eigenvalue weighted by molar-refractivity contribution is -0.174. The quantitative estimate of drug-likeness (QED) is 0.638. The van der Waals surface area contributed by atoms with Crippen LogP contribution in [0.5, 0.6) is 11.5 Å². The van der Waals surface area contributed by atoms with Crippen LogP contribution in [0.2, 0.25) is 0 Å². The van der Waals surface area contributed by atoms with Gasteiger partial charge in [-0.3, -0.25) is 9.69 Å². The Bertz CT molecular complexity index is 595. The van der Waals surface area contributed by atoms with Gasteiger partial charge in [0.15, 0.2) is 0 Å². The third kappa shape index (κ3) is 6.91. The molecule has 1 aromatic carbocycles. The summed E-state index contributed by atoms with van der Waals surface area (Å²) in [5.41, 5.74) is 0.500. The Morgan fingerprint density at radius 3 is 2.15 bits per heavy atom. The van der Waals surface area contributed by atoms with Crippen molar-refractivity contribution in [2.75, 3.05) is 60.2 Å². The molecule has 0 radical (unpaired) electrons. The van der Waals surface area contributed by atoms with Crippen molar-refractivity contribution >= 4 is 5.91 Å². The van der Waals surface area contributed by atoms with Crippen LogP contribution in [0.4, 0.5) is 13.2 Å². The Morgan fingerprint density at radius 1 is 1.04 bits per heavy atom. The monoisotopic (exact) mass is 390 g/mol. The van der Waals surface area contributed by atoms with E-state index in [4.69, 9.17) is 9.47 Å². The molecule has 6 nitrogen and oxygen atoms in total. The summed E-state index contributed by atoms with van der Waals surface area (Å²) in [6.07, 6.45) is -3.76. The van der Waals surface area contributed by atoms with Crippen LogP contribution in [0.15, 0.2) is 18.2 Å². The maximum atomic E-state index is 12.7. The first kappa shape index (κ1) is 21.3. The number of halogens is 3. The van der Waals surface area contributed by atoms with Gasteiger partial charge in [-0.15, -0.1) is 0 Å². The number of hydrogen-bond donors (Lipinski definition) is 0. The SMILES string of the molecule is COc1cc(OC)cc(C(=O)N2CCN(CCCOCC(F)(F)F)CC2)c1. The maximum absolute atomic E-state index is 12.7. The molecule has 2 rings (SSSR count). The Hall–Kier alpha value is -2.00. The zero-order valence-corrected chi connectivity index (χ0v) is 15.6. The molecule has 1 amide bonds. The van der Waals surface area contributed by atoms with Crippen LogP contribution >= 0.6 is 0 Å². The lowest BCUT2D eigenvalue weighted by Gasteiger charge is -2.34. The number of carbonyl (C=O) groups excluding carboxylic acids is 1. The van der Waals surface area contributed by atoms with Crippen LogP contribution in [0.1, 0.15) is 16.8 Å². The van der Waals surface area contributed by atoms with E-state index in [0.717, 1.165) is 0 Å². The molecular weight excluding hydrogens is 365 g/mol. The van der Waals surface area contributed by atoms with Crippen molar-refractivity contribution in [1.29, 1.82) is 0 Å². The average molecular weight is 390 g/mol. The molecule has 1 aliphatic heterocycles. The maximum Gasteiger partial charge on any atom is 0.411 e. The van der Waals surface area contributed by atoms with Crippen LogP contribution in [-0.4, -0.2) is 82.0 Å². The summed E-state index contributed by atoms with van der Waals surface area (Å²) in [6, 6.07) is 5.06. The molecule has 0 unspecified atom stereocenters. The molecule has 0 atom stereocenters. The van der Waals surface area contributed by atoms with E-state index in [1.807, 2.05) is 0 Å². The van der Waals surface area contributed by atoms with Gasteiger partial charge in [-0.1, -0.05) is 0 Å². The standard InChI is InChI=1S/C18H25F3N2O4/c1-25-15-10-14(11-16(12-15)26-2)17(24)23-7-5-22(6-8-23)4-3-9-27-13-18(19,20)21/h10-12H,3-9,13H2,1-2H3. The van der Waals surface area contributed by atoms with E-state index in [2.05, 4.69) is 9.64 Å². The number of rotatable bonds is 8. The van der Waals surface area contributed by atoms with Crippen molar-refractivity contribution in [1.82, 2.24) is 9.80 Å². The molecule has 27 heavy (non-hydrogen) atoms. The van der Waals surface area contributed by atoms with Gasteiger partial charge in [0.1, 0.15) is 18.1 Å². The zero-order chi connectivity index (χ0) is 19.9. The predicted molar refractivity (Wildman–Crippen MR) is 93.4 cm³/mol. The largest absolute Gasteiger partial charge is 0.497 e. The van der Waals surface area contributed by atoms with Gasteiger partial charge in [-0.25, -0.2) is 0 Å². The van der Waals surface area contributed by atoms with Gasteiger partial charge in [0, 0.05) is 51.0 Å². The van der Waals surface area contributed by atoms with Crippen molar-refractivity contribution in [3.63, 3.8) is 0 Å². The summed E-state index contributed by atoms with van der Waals surface area (Å²) in [4.78, 5) is 16.6. The van der Waals surface area contributed by atoms with E-state index in [1.165, 1.54) is 14.2 Å². The molecule has 1 heterocycles. The number of amides is 1. The fraction of sp³-hybridized carbons (Fsp3) is 0.611. The number of carbonyl (C=O) groups is 1. The fourth-order valence-corrected chi connectivity index (χ4v) is 2.87. The minimum atomic E-state index is -4.28. The Balaban J connectivity index is 1.77. The summed E-state index contributed by atoms with van der Waals surface area (Å²) < 4.78 is 51.0. The van der Waals surface area contributed by atoms with Crippen molar-refractivity contribution in [3.8, 4) is 11.5 Å². The summed E-state index contributed by atoms with van der Waals surface area (Å²) >= 11 is 0. The predicted octanol–water partition coefficient (Wildman–Crippen LogP) is 2.43. The Labute approximate surface area is 156 Å². The summed E-state index contributed by atoms with van der Waals surface area (Å²) in [5, 5.41) is 0. The molecule has 9 heteroatoms. The van der Waals surface area contributed by atoms with Gasteiger partial charge >= 0.3 is 6.18 Å². The third-order valence-electron chi connectivity index (χ3n) is 4.29. The highest BCUT2D eigenvalue weighted by Gasteiger charge is 2.27. The van der Waals surface area contributed by atoms with Crippen LogP contribution < -0.4 is 9.47 Å². The van der Waals surface area contributed by atoms with Crippen molar-refractivity contribution in [3.05, 3.63) is 23.8 Å². The highest BCUT2D eigenvalue weighted by atomic mass is 19.4. The number of piperazine rings is 1. The van der Waals surface area contributed by atoms with E-state index in [0.29, 0.717) is 56.2 Å². The second kappa shape index (κ2) is 9.80. The first-order chi connectivity index (χ1) is 12.8. The van der Waals surface area contributed by atoms with Gasteiger partial charge in [0.05, 0.1) is 14.2 Å². The molecule has 0 N–H and O–H groups in total. The highest BCUT2D eigenvalue weighted by Crippen LogP contribution is 2.24. The number of nitrogens with zero attached hydrogens (tertiary/aromatic N) is 2. The van der Waals surface area contributed by atoms with Gasteiger partial charge in [-0.2, -0.15) is 13.2 Å². The minimum Gasteiger partial charge on any atom is -0.497 e. The molecule has 1 saturated heterocycles.